The maximum atomic E-state index is 12.4. The Morgan fingerprint density at radius 1 is 0.929 bits per heavy atom. The molecule has 0 aliphatic carbocycles. The normalized spacial score (nSPS) is 10.4. The molecule has 2 aromatic heterocycles. The number of carbonyl (C=O) groups excluding carboxylic acids is 1. The lowest BCUT2D eigenvalue weighted by atomic mass is 10.2. The van der Waals surface area contributed by atoms with Gasteiger partial charge >= 0.3 is 0 Å². The third-order valence-corrected chi connectivity index (χ3v) is 4.43. The maximum Gasteiger partial charge on any atom is 0.270 e. The third kappa shape index (κ3) is 5.07. The van der Waals surface area contributed by atoms with Crippen LogP contribution >= 0.6 is 0 Å². The number of benzene rings is 1. The minimum absolute atomic E-state index is 0.230. The Labute approximate surface area is 165 Å². The van der Waals surface area contributed by atoms with E-state index in [9.17, 15) is 4.79 Å². The van der Waals surface area contributed by atoms with Crippen LogP contribution in [0.4, 0.5) is 17.1 Å². The van der Waals surface area contributed by atoms with E-state index in [2.05, 4.69) is 51.5 Å². The van der Waals surface area contributed by atoms with Crippen molar-refractivity contribution >= 4 is 23.0 Å². The highest BCUT2D eigenvalue weighted by atomic mass is 16.1. The number of nitrogens with one attached hydrogen (secondary N) is 2. The summed E-state index contributed by atoms with van der Waals surface area (Å²) >= 11 is 0. The van der Waals surface area contributed by atoms with Crippen molar-refractivity contribution < 1.29 is 4.79 Å². The summed E-state index contributed by atoms with van der Waals surface area (Å²) in [5.74, 6) is -0.230. The molecule has 6 heteroatoms. The Morgan fingerprint density at radius 3 is 2.39 bits per heavy atom. The Balaban J connectivity index is 1.63. The topological polar surface area (TPSA) is 70.2 Å². The molecule has 1 amide bonds. The van der Waals surface area contributed by atoms with E-state index in [1.54, 1.807) is 18.5 Å². The van der Waals surface area contributed by atoms with E-state index in [1.807, 2.05) is 36.4 Å². The molecule has 0 unspecified atom stereocenters. The summed E-state index contributed by atoms with van der Waals surface area (Å²) in [7, 11) is 0. The van der Waals surface area contributed by atoms with Gasteiger partial charge in [-0.05, 0) is 62.4 Å². The number of rotatable bonds is 8. The number of nitrogens with zero attached hydrogens (tertiary/aromatic N) is 3. The van der Waals surface area contributed by atoms with Crippen LogP contribution in [0.5, 0.6) is 0 Å². The van der Waals surface area contributed by atoms with Crippen molar-refractivity contribution in [1.82, 2.24) is 15.3 Å². The Bertz CT molecular complexity index is 892. The van der Waals surface area contributed by atoms with Gasteiger partial charge in [-0.15, -0.1) is 0 Å². The summed E-state index contributed by atoms with van der Waals surface area (Å²) in [6.45, 7) is 6.61. The summed E-state index contributed by atoms with van der Waals surface area (Å²) in [4.78, 5) is 23.0. The van der Waals surface area contributed by atoms with Crippen LogP contribution in [0.15, 0.2) is 67.0 Å². The van der Waals surface area contributed by atoms with Crippen LogP contribution in [-0.2, 0) is 6.54 Å². The van der Waals surface area contributed by atoms with E-state index >= 15 is 0 Å². The molecule has 2 heterocycles. The maximum absolute atomic E-state index is 12.4. The first-order valence-corrected chi connectivity index (χ1v) is 9.45. The molecular weight excluding hydrogens is 350 g/mol. The Morgan fingerprint density at radius 2 is 1.71 bits per heavy atom. The van der Waals surface area contributed by atoms with Crippen molar-refractivity contribution in [3.8, 4) is 0 Å². The largest absolute Gasteiger partial charge is 0.372 e. The molecule has 0 aliphatic rings. The van der Waals surface area contributed by atoms with Crippen molar-refractivity contribution in [1.29, 1.82) is 0 Å². The summed E-state index contributed by atoms with van der Waals surface area (Å²) < 4.78 is 0. The predicted octanol–water partition coefficient (Wildman–Crippen LogP) is 4.00. The van der Waals surface area contributed by atoms with Gasteiger partial charge in [-0.3, -0.25) is 14.8 Å². The smallest absolute Gasteiger partial charge is 0.270 e. The fourth-order valence-corrected chi connectivity index (χ4v) is 2.91. The van der Waals surface area contributed by atoms with Crippen LogP contribution in [0.3, 0.4) is 0 Å². The van der Waals surface area contributed by atoms with Gasteiger partial charge in [-0.25, -0.2) is 0 Å². The lowest BCUT2D eigenvalue weighted by Crippen LogP contribution is -2.24. The zero-order valence-electron chi connectivity index (χ0n) is 16.2. The highest BCUT2D eigenvalue weighted by Crippen LogP contribution is 2.21. The summed E-state index contributed by atoms with van der Waals surface area (Å²) in [5.41, 5.74) is 4.13. The average molecular weight is 375 g/mol. The van der Waals surface area contributed by atoms with E-state index < -0.39 is 0 Å². The molecule has 0 aliphatic heterocycles. The van der Waals surface area contributed by atoms with Gasteiger partial charge in [0.25, 0.3) is 5.91 Å². The fraction of sp³-hybridized carbons (Fsp3) is 0.227. The van der Waals surface area contributed by atoms with Crippen LogP contribution in [-0.4, -0.2) is 29.0 Å². The molecular formula is C22H25N5O. The minimum atomic E-state index is -0.230. The molecule has 28 heavy (non-hydrogen) atoms. The van der Waals surface area contributed by atoms with E-state index in [0.29, 0.717) is 12.2 Å². The van der Waals surface area contributed by atoms with Gasteiger partial charge in [-0.2, -0.15) is 0 Å². The number of hydrogen-bond donors (Lipinski definition) is 2. The Kier molecular flexibility index (Phi) is 6.57. The van der Waals surface area contributed by atoms with Gasteiger partial charge in [0, 0.05) is 42.5 Å². The molecule has 3 rings (SSSR count). The zero-order valence-corrected chi connectivity index (χ0v) is 16.2. The summed E-state index contributed by atoms with van der Waals surface area (Å²) in [6, 6.07) is 17.4. The monoisotopic (exact) mass is 375 g/mol. The second kappa shape index (κ2) is 9.50. The number of hydrogen-bond acceptors (Lipinski definition) is 5. The van der Waals surface area contributed by atoms with Gasteiger partial charge in [-0.1, -0.05) is 6.07 Å². The SMILES string of the molecule is CCN(CC)c1ccc(Nc2ccnc(C(=O)NCc3ccccn3)c2)cc1. The molecule has 0 bridgehead atoms. The van der Waals surface area contributed by atoms with Gasteiger partial charge < -0.3 is 15.5 Å². The van der Waals surface area contributed by atoms with E-state index in [4.69, 9.17) is 0 Å². The van der Waals surface area contributed by atoms with Crippen LogP contribution in [0.2, 0.25) is 0 Å². The van der Waals surface area contributed by atoms with Gasteiger partial charge in [0.1, 0.15) is 5.69 Å². The highest BCUT2D eigenvalue weighted by Gasteiger charge is 2.08. The minimum Gasteiger partial charge on any atom is -0.372 e. The standard InChI is InChI=1S/C22H25N5O/c1-3-27(4-2)20-10-8-17(9-11-20)26-18-12-14-24-21(15-18)22(28)25-16-19-7-5-6-13-23-19/h5-15H,3-4,16H2,1-2H3,(H,24,26)(H,25,28). The second-order valence-corrected chi connectivity index (χ2v) is 6.28. The lowest BCUT2D eigenvalue weighted by molar-refractivity contribution is 0.0945. The summed E-state index contributed by atoms with van der Waals surface area (Å²) in [5, 5.41) is 6.17. The number of anilines is 3. The van der Waals surface area contributed by atoms with Crippen molar-refractivity contribution in [3.05, 3.63) is 78.4 Å². The molecule has 3 aromatic rings. The molecule has 0 saturated heterocycles. The van der Waals surface area contributed by atoms with Gasteiger partial charge in [0.05, 0.1) is 12.2 Å². The zero-order chi connectivity index (χ0) is 19.8. The molecule has 0 atom stereocenters. The van der Waals surface area contributed by atoms with Crippen LogP contribution in [0.25, 0.3) is 0 Å². The molecule has 0 saturated carbocycles. The molecule has 1 aromatic carbocycles. The lowest BCUT2D eigenvalue weighted by Gasteiger charge is -2.21. The molecule has 0 spiro atoms. The third-order valence-electron chi connectivity index (χ3n) is 4.43. The fourth-order valence-electron chi connectivity index (χ4n) is 2.91. The first kappa shape index (κ1) is 19.4. The van der Waals surface area contributed by atoms with Crippen molar-refractivity contribution in [2.45, 2.75) is 20.4 Å². The average Bonchev–Trinajstić information content (AvgIpc) is 2.75. The first-order chi connectivity index (χ1) is 13.7. The Hall–Kier alpha value is -3.41. The predicted molar refractivity (Wildman–Crippen MR) is 113 cm³/mol. The van der Waals surface area contributed by atoms with E-state index in [-0.39, 0.29) is 5.91 Å². The summed E-state index contributed by atoms with van der Waals surface area (Å²) in [6.07, 6.45) is 3.33. The molecule has 2 N–H and O–H groups in total. The molecule has 0 radical (unpaired) electrons. The van der Waals surface area contributed by atoms with Crippen LogP contribution in [0, 0.1) is 0 Å². The van der Waals surface area contributed by atoms with E-state index in [0.717, 1.165) is 30.2 Å². The van der Waals surface area contributed by atoms with Gasteiger partial charge in [0.2, 0.25) is 0 Å². The number of aromatic nitrogens is 2. The highest BCUT2D eigenvalue weighted by molar-refractivity contribution is 5.93. The molecule has 0 fully saturated rings. The van der Waals surface area contributed by atoms with Crippen molar-refractivity contribution in [2.24, 2.45) is 0 Å². The van der Waals surface area contributed by atoms with E-state index in [1.165, 1.54) is 5.69 Å². The number of carbonyl (C=O) groups is 1. The van der Waals surface area contributed by atoms with Gasteiger partial charge in [0.15, 0.2) is 0 Å². The number of pyridine rings is 2. The molecule has 6 nitrogen and oxygen atoms in total. The van der Waals surface area contributed by atoms with Crippen LogP contribution in [0.1, 0.15) is 30.0 Å². The molecule has 144 valence electrons. The van der Waals surface area contributed by atoms with Crippen molar-refractivity contribution in [2.75, 3.05) is 23.3 Å². The first-order valence-electron chi connectivity index (χ1n) is 9.45. The number of amides is 1. The second-order valence-electron chi connectivity index (χ2n) is 6.28. The van der Waals surface area contributed by atoms with Crippen molar-refractivity contribution in [3.63, 3.8) is 0 Å². The quantitative estimate of drug-likeness (QED) is 0.623. The van der Waals surface area contributed by atoms with Crippen LogP contribution < -0.4 is 15.5 Å².